The van der Waals surface area contributed by atoms with E-state index in [2.05, 4.69) is 17.2 Å². The Labute approximate surface area is 109 Å². The summed E-state index contributed by atoms with van der Waals surface area (Å²) in [5.74, 6) is -1.07. The van der Waals surface area contributed by atoms with E-state index < -0.39 is 12.0 Å². The molecule has 1 fully saturated rings. The lowest BCUT2D eigenvalue weighted by Gasteiger charge is -2.28. The topological polar surface area (TPSA) is 97.5 Å². The Balaban J connectivity index is 2.09. The van der Waals surface area contributed by atoms with Crippen LogP contribution in [0.15, 0.2) is 5.38 Å². The van der Waals surface area contributed by atoms with Crippen molar-refractivity contribution in [3.63, 3.8) is 0 Å². The van der Waals surface area contributed by atoms with Crippen molar-refractivity contribution in [2.24, 2.45) is 5.73 Å². The van der Waals surface area contributed by atoms with Crippen molar-refractivity contribution in [1.29, 1.82) is 0 Å². The van der Waals surface area contributed by atoms with E-state index in [1.165, 1.54) is 11.3 Å². The number of nitrogens with one attached hydrogen (secondary N) is 1. The lowest BCUT2D eigenvalue weighted by atomic mass is 9.95. The van der Waals surface area contributed by atoms with Crippen LogP contribution >= 0.6 is 11.3 Å². The normalized spacial score (nSPS) is 29.2. The highest BCUT2D eigenvalue weighted by Crippen LogP contribution is 2.31. The smallest absolute Gasteiger partial charge is 0.326 e. The van der Waals surface area contributed by atoms with Gasteiger partial charge in [0.05, 0.1) is 17.3 Å². The van der Waals surface area contributed by atoms with Crippen LogP contribution in [0.4, 0.5) is 5.13 Å². The first-order chi connectivity index (χ1) is 8.42. The molecule has 0 spiro atoms. The molecule has 1 aliphatic rings. The highest BCUT2D eigenvalue weighted by molar-refractivity contribution is 7.13. The van der Waals surface area contributed by atoms with Gasteiger partial charge >= 0.3 is 5.97 Å². The van der Waals surface area contributed by atoms with Crippen molar-refractivity contribution in [1.82, 2.24) is 4.98 Å². The average Bonchev–Trinajstić information content (AvgIpc) is 2.87. The molecule has 2 rings (SSSR count). The Morgan fingerprint density at radius 3 is 3.11 bits per heavy atom. The maximum atomic E-state index is 10.8. The molecule has 0 aromatic carbocycles. The third-order valence-electron chi connectivity index (χ3n) is 3.39. The van der Waals surface area contributed by atoms with Crippen LogP contribution < -0.4 is 11.1 Å². The Bertz CT molecular complexity index is 450. The number of carboxylic acid groups (broad SMARTS) is 1. The lowest BCUT2D eigenvalue weighted by Crippen LogP contribution is -2.41. The van der Waals surface area contributed by atoms with Crippen molar-refractivity contribution in [2.75, 3.05) is 11.9 Å². The molecular formula is C11H17N3O3S. The Kier molecular flexibility index (Phi) is 3.56. The predicted octanol–water partition coefficient (Wildman–Crippen LogP) is 1.21. The van der Waals surface area contributed by atoms with E-state index in [0.29, 0.717) is 10.8 Å². The number of aromatic nitrogens is 1. The van der Waals surface area contributed by atoms with Crippen LogP contribution in [-0.2, 0) is 9.53 Å². The fraction of sp³-hybridized carbons (Fsp3) is 0.636. The van der Waals surface area contributed by atoms with Crippen molar-refractivity contribution in [3.05, 3.63) is 11.1 Å². The lowest BCUT2D eigenvalue weighted by molar-refractivity contribution is -0.138. The number of nitrogens with two attached hydrogens (primary N) is 1. The molecule has 100 valence electrons. The minimum Gasteiger partial charge on any atom is -0.480 e. The van der Waals surface area contributed by atoms with Crippen LogP contribution in [-0.4, -0.2) is 34.3 Å². The number of rotatable bonds is 4. The van der Waals surface area contributed by atoms with E-state index in [4.69, 9.17) is 15.6 Å². The molecule has 0 saturated carbocycles. The van der Waals surface area contributed by atoms with Gasteiger partial charge in [0.2, 0.25) is 0 Å². The van der Waals surface area contributed by atoms with E-state index in [1.807, 2.05) is 6.92 Å². The summed E-state index contributed by atoms with van der Waals surface area (Å²) in [4.78, 5) is 15.0. The third kappa shape index (κ3) is 2.47. The molecule has 3 unspecified atom stereocenters. The molecule has 1 aromatic heterocycles. The SMILES string of the molecule is CC1OCCC1(C)Nc1nc(C(N)C(=O)O)cs1. The number of hydrogen-bond donors (Lipinski definition) is 3. The van der Waals surface area contributed by atoms with Crippen molar-refractivity contribution in [3.8, 4) is 0 Å². The number of thiazole rings is 1. The molecule has 0 amide bonds. The fourth-order valence-electron chi connectivity index (χ4n) is 1.86. The van der Waals surface area contributed by atoms with Gasteiger partial charge in [-0.2, -0.15) is 0 Å². The number of hydrogen-bond acceptors (Lipinski definition) is 6. The van der Waals surface area contributed by atoms with E-state index >= 15 is 0 Å². The number of ether oxygens (including phenoxy) is 1. The van der Waals surface area contributed by atoms with Gasteiger partial charge in [0, 0.05) is 12.0 Å². The maximum absolute atomic E-state index is 10.8. The van der Waals surface area contributed by atoms with Gasteiger partial charge in [-0.15, -0.1) is 11.3 Å². The van der Waals surface area contributed by atoms with E-state index in [9.17, 15) is 4.79 Å². The minimum atomic E-state index is -1.07. The number of anilines is 1. The summed E-state index contributed by atoms with van der Waals surface area (Å²) >= 11 is 1.36. The molecule has 4 N–H and O–H groups in total. The van der Waals surface area contributed by atoms with Gasteiger partial charge < -0.3 is 20.9 Å². The van der Waals surface area contributed by atoms with E-state index in [1.54, 1.807) is 5.38 Å². The second-order valence-electron chi connectivity index (χ2n) is 4.70. The molecule has 0 aliphatic carbocycles. The zero-order valence-electron chi connectivity index (χ0n) is 10.3. The zero-order valence-corrected chi connectivity index (χ0v) is 11.2. The molecule has 18 heavy (non-hydrogen) atoms. The quantitative estimate of drug-likeness (QED) is 0.761. The first-order valence-electron chi connectivity index (χ1n) is 5.76. The average molecular weight is 271 g/mol. The first kappa shape index (κ1) is 13.3. The molecule has 2 heterocycles. The zero-order chi connectivity index (χ0) is 13.3. The molecule has 0 radical (unpaired) electrons. The largest absolute Gasteiger partial charge is 0.480 e. The number of carbonyl (C=O) groups is 1. The molecule has 1 saturated heterocycles. The monoisotopic (exact) mass is 271 g/mol. The maximum Gasteiger partial charge on any atom is 0.326 e. The van der Waals surface area contributed by atoms with Gasteiger partial charge in [-0.1, -0.05) is 0 Å². The van der Waals surface area contributed by atoms with Crippen molar-refractivity contribution in [2.45, 2.75) is 38.0 Å². The fourth-order valence-corrected chi connectivity index (χ4v) is 2.74. The van der Waals surface area contributed by atoms with Crippen LogP contribution in [0.3, 0.4) is 0 Å². The summed E-state index contributed by atoms with van der Waals surface area (Å²) < 4.78 is 5.53. The number of aliphatic carboxylic acids is 1. The second kappa shape index (κ2) is 4.83. The first-order valence-corrected chi connectivity index (χ1v) is 6.64. The molecule has 6 nitrogen and oxygen atoms in total. The molecule has 7 heteroatoms. The van der Waals surface area contributed by atoms with Crippen LogP contribution in [0.2, 0.25) is 0 Å². The van der Waals surface area contributed by atoms with Gasteiger partial charge in [-0.25, -0.2) is 4.98 Å². The Morgan fingerprint density at radius 2 is 2.56 bits per heavy atom. The highest BCUT2D eigenvalue weighted by atomic mass is 32.1. The van der Waals surface area contributed by atoms with Crippen molar-refractivity contribution < 1.29 is 14.6 Å². The summed E-state index contributed by atoms with van der Waals surface area (Å²) in [6.07, 6.45) is 0.992. The van der Waals surface area contributed by atoms with E-state index in [0.717, 1.165) is 13.0 Å². The third-order valence-corrected chi connectivity index (χ3v) is 4.16. The van der Waals surface area contributed by atoms with Crippen molar-refractivity contribution >= 4 is 22.4 Å². The van der Waals surface area contributed by atoms with Gasteiger partial charge in [-0.05, 0) is 20.3 Å². The Morgan fingerprint density at radius 1 is 1.83 bits per heavy atom. The van der Waals surface area contributed by atoms with Gasteiger partial charge in [0.25, 0.3) is 0 Å². The van der Waals surface area contributed by atoms with E-state index in [-0.39, 0.29) is 11.6 Å². The summed E-state index contributed by atoms with van der Waals surface area (Å²) in [6.45, 7) is 4.80. The Hall–Kier alpha value is -1.18. The van der Waals surface area contributed by atoms with Crippen LogP contribution in [0.1, 0.15) is 32.0 Å². The second-order valence-corrected chi connectivity index (χ2v) is 5.56. The van der Waals surface area contributed by atoms with Crippen LogP contribution in [0.5, 0.6) is 0 Å². The molecule has 1 aliphatic heterocycles. The van der Waals surface area contributed by atoms with Gasteiger partial charge in [0.1, 0.15) is 6.04 Å². The summed E-state index contributed by atoms with van der Waals surface area (Å²) in [5, 5.41) is 14.5. The highest BCUT2D eigenvalue weighted by Gasteiger charge is 2.37. The standard InChI is InChI=1S/C11H17N3O3S/c1-6-11(2,3-4-17-6)14-10-13-7(5-18-10)8(12)9(15)16/h5-6,8H,3-4,12H2,1-2H3,(H,13,14)(H,15,16). The summed E-state index contributed by atoms with van der Waals surface area (Å²) in [6, 6.07) is -1.07. The minimum absolute atomic E-state index is 0.0954. The molecule has 0 bridgehead atoms. The predicted molar refractivity (Wildman–Crippen MR) is 68.7 cm³/mol. The van der Waals surface area contributed by atoms with Crippen LogP contribution in [0.25, 0.3) is 0 Å². The van der Waals surface area contributed by atoms with Gasteiger partial charge in [0.15, 0.2) is 5.13 Å². The van der Waals surface area contributed by atoms with Gasteiger partial charge in [-0.3, -0.25) is 4.79 Å². The van der Waals surface area contributed by atoms with Crippen LogP contribution in [0, 0.1) is 0 Å². The summed E-state index contributed by atoms with van der Waals surface area (Å²) in [5.41, 5.74) is 5.73. The number of nitrogens with zero attached hydrogens (tertiary/aromatic N) is 1. The molecular weight excluding hydrogens is 254 g/mol. The molecule has 1 aromatic rings. The molecule has 3 atom stereocenters. The number of carboxylic acids is 1. The summed E-state index contributed by atoms with van der Waals surface area (Å²) in [7, 11) is 0.